The van der Waals surface area contributed by atoms with Gasteiger partial charge in [0.15, 0.2) is 0 Å². The highest BCUT2D eigenvalue weighted by Gasteiger charge is 2.39. The summed E-state index contributed by atoms with van der Waals surface area (Å²) >= 11 is 0. The zero-order chi connectivity index (χ0) is 16.6. The lowest BCUT2D eigenvalue weighted by molar-refractivity contribution is -0.142. The fraction of sp³-hybridized carbons (Fsp3) is 0.353. The molecule has 6 nitrogen and oxygen atoms in total. The van der Waals surface area contributed by atoms with Crippen molar-refractivity contribution in [3.63, 3.8) is 0 Å². The average molecular weight is 313 g/mol. The molecule has 120 valence electrons. The van der Waals surface area contributed by atoms with E-state index in [9.17, 15) is 14.7 Å². The summed E-state index contributed by atoms with van der Waals surface area (Å²) in [6, 6.07) is 9.29. The van der Waals surface area contributed by atoms with Crippen LogP contribution in [0, 0.1) is 12.8 Å². The number of carboxylic acid groups (broad SMARTS) is 1. The Bertz CT molecular complexity index is 739. The molecule has 6 heteroatoms. The third-order valence-electron chi connectivity index (χ3n) is 4.57. The van der Waals surface area contributed by atoms with Crippen molar-refractivity contribution in [1.29, 1.82) is 0 Å². The van der Waals surface area contributed by atoms with Gasteiger partial charge in [-0.1, -0.05) is 18.2 Å². The molecule has 0 radical (unpaired) electrons. The molecular formula is C17H19N3O3. The van der Waals surface area contributed by atoms with Gasteiger partial charge in [-0.05, 0) is 32.4 Å². The molecule has 2 aromatic rings. The normalized spacial score (nSPS) is 20.7. The number of amides is 1. The third kappa shape index (κ3) is 2.60. The van der Waals surface area contributed by atoms with E-state index in [0.29, 0.717) is 18.5 Å². The molecule has 0 spiro atoms. The van der Waals surface area contributed by atoms with Gasteiger partial charge >= 0.3 is 5.97 Å². The first-order valence-electron chi connectivity index (χ1n) is 7.64. The molecule has 2 atom stereocenters. The van der Waals surface area contributed by atoms with Gasteiger partial charge in [-0.3, -0.25) is 9.59 Å². The number of para-hydroxylation sites is 1. The van der Waals surface area contributed by atoms with E-state index in [0.717, 1.165) is 11.4 Å². The van der Waals surface area contributed by atoms with Gasteiger partial charge in [-0.15, -0.1) is 0 Å². The first-order chi connectivity index (χ1) is 11.0. The number of hydrogen-bond acceptors (Lipinski definition) is 3. The third-order valence-corrected chi connectivity index (χ3v) is 4.57. The topological polar surface area (TPSA) is 75.4 Å². The van der Waals surface area contributed by atoms with E-state index >= 15 is 0 Å². The molecule has 0 saturated carbocycles. The monoisotopic (exact) mass is 313 g/mol. The summed E-state index contributed by atoms with van der Waals surface area (Å²) in [5.74, 6) is -1.49. The molecule has 1 amide bonds. The highest BCUT2D eigenvalue weighted by Crippen LogP contribution is 2.27. The highest BCUT2D eigenvalue weighted by molar-refractivity contribution is 5.96. The minimum absolute atomic E-state index is 0.152. The fourth-order valence-corrected chi connectivity index (χ4v) is 3.16. The molecule has 1 N–H and O–H groups in total. The molecule has 1 aliphatic heterocycles. The van der Waals surface area contributed by atoms with Gasteiger partial charge in [0.2, 0.25) is 0 Å². The minimum atomic E-state index is -0.843. The molecule has 2 heterocycles. The summed E-state index contributed by atoms with van der Waals surface area (Å²) in [4.78, 5) is 25.6. The summed E-state index contributed by atoms with van der Waals surface area (Å²) in [6.45, 7) is 4.11. The van der Waals surface area contributed by atoms with Gasteiger partial charge < -0.3 is 10.0 Å². The Morgan fingerprint density at radius 3 is 2.57 bits per heavy atom. The maximum atomic E-state index is 12.8. The SMILES string of the molecule is Cc1c(C(=O)N2CCC(C(=O)O)C2C)cnn1-c1ccccc1. The predicted molar refractivity (Wildman–Crippen MR) is 84.5 cm³/mol. The van der Waals surface area contributed by atoms with Crippen LogP contribution in [0.2, 0.25) is 0 Å². The van der Waals surface area contributed by atoms with Gasteiger partial charge in [0.05, 0.1) is 29.1 Å². The fourth-order valence-electron chi connectivity index (χ4n) is 3.16. The van der Waals surface area contributed by atoms with E-state index in [2.05, 4.69) is 5.10 Å². The average Bonchev–Trinajstić information content (AvgIpc) is 3.11. The first kappa shape index (κ1) is 15.3. The largest absolute Gasteiger partial charge is 0.481 e. The second kappa shape index (κ2) is 5.87. The van der Waals surface area contributed by atoms with E-state index in [-0.39, 0.29) is 11.9 Å². The van der Waals surface area contributed by atoms with Crippen molar-refractivity contribution < 1.29 is 14.7 Å². The van der Waals surface area contributed by atoms with Crippen LogP contribution in [-0.4, -0.2) is 44.3 Å². The number of aliphatic carboxylic acids is 1. The Morgan fingerprint density at radius 2 is 1.96 bits per heavy atom. The number of aromatic nitrogens is 2. The second-order valence-electron chi connectivity index (χ2n) is 5.86. The van der Waals surface area contributed by atoms with Gasteiger partial charge in [-0.2, -0.15) is 5.10 Å². The summed E-state index contributed by atoms with van der Waals surface area (Å²) in [6.07, 6.45) is 2.06. The summed E-state index contributed by atoms with van der Waals surface area (Å²) in [7, 11) is 0. The van der Waals surface area contributed by atoms with Crippen LogP contribution in [0.1, 0.15) is 29.4 Å². The number of carbonyl (C=O) groups is 2. The lowest BCUT2D eigenvalue weighted by Crippen LogP contribution is -2.37. The maximum Gasteiger partial charge on any atom is 0.308 e. The Kier molecular flexibility index (Phi) is 3.90. The maximum absolute atomic E-state index is 12.8. The van der Waals surface area contributed by atoms with E-state index in [4.69, 9.17) is 0 Å². The van der Waals surface area contributed by atoms with Crippen LogP contribution in [0.15, 0.2) is 36.5 Å². The first-order valence-corrected chi connectivity index (χ1v) is 7.64. The molecule has 1 aromatic carbocycles. The number of hydrogen-bond donors (Lipinski definition) is 1. The van der Waals surface area contributed by atoms with Crippen LogP contribution in [0.25, 0.3) is 5.69 Å². The molecule has 23 heavy (non-hydrogen) atoms. The van der Waals surface area contributed by atoms with Crippen LogP contribution in [0.5, 0.6) is 0 Å². The van der Waals surface area contributed by atoms with Crippen molar-refractivity contribution in [3.8, 4) is 5.69 Å². The van der Waals surface area contributed by atoms with Crippen LogP contribution in [-0.2, 0) is 4.79 Å². The van der Waals surface area contributed by atoms with E-state index in [1.807, 2.05) is 37.3 Å². The predicted octanol–water partition coefficient (Wildman–Crippen LogP) is 2.12. The quantitative estimate of drug-likeness (QED) is 0.941. The van der Waals surface area contributed by atoms with E-state index in [1.54, 1.807) is 22.7 Å². The van der Waals surface area contributed by atoms with Crippen molar-refractivity contribution >= 4 is 11.9 Å². The van der Waals surface area contributed by atoms with Crippen LogP contribution in [0.4, 0.5) is 0 Å². The zero-order valence-electron chi connectivity index (χ0n) is 13.1. The number of carbonyl (C=O) groups excluding carboxylic acids is 1. The Hall–Kier alpha value is -2.63. The lowest BCUT2D eigenvalue weighted by Gasteiger charge is -2.23. The number of likely N-dealkylation sites (tertiary alicyclic amines) is 1. The molecule has 2 unspecified atom stereocenters. The smallest absolute Gasteiger partial charge is 0.308 e. The van der Waals surface area contributed by atoms with Crippen molar-refractivity contribution in [2.45, 2.75) is 26.3 Å². The van der Waals surface area contributed by atoms with Gasteiger partial charge in [0, 0.05) is 12.6 Å². The number of rotatable bonds is 3. The molecule has 0 aliphatic carbocycles. The lowest BCUT2D eigenvalue weighted by atomic mass is 10.0. The van der Waals surface area contributed by atoms with Crippen molar-refractivity contribution in [3.05, 3.63) is 47.8 Å². The van der Waals surface area contributed by atoms with Gasteiger partial charge in [0.1, 0.15) is 0 Å². The molecule has 1 aromatic heterocycles. The Morgan fingerprint density at radius 1 is 1.26 bits per heavy atom. The molecule has 1 aliphatic rings. The van der Waals surface area contributed by atoms with Crippen molar-refractivity contribution in [2.24, 2.45) is 5.92 Å². The summed E-state index contributed by atoms with van der Waals surface area (Å²) in [5, 5.41) is 13.5. The Balaban J connectivity index is 1.87. The molecule has 1 saturated heterocycles. The van der Waals surface area contributed by atoms with Crippen LogP contribution in [0.3, 0.4) is 0 Å². The zero-order valence-corrected chi connectivity index (χ0v) is 13.1. The Labute approximate surface area is 134 Å². The van der Waals surface area contributed by atoms with Gasteiger partial charge in [-0.25, -0.2) is 4.68 Å². The second-order valence-corrected chi connectivity index (χ2v) is 5.86. The minimum Gasteiger partial charge on any atom is -0.481 e. The van der Waals surface area contributed by atoms with Gasteiger partial charge in [0.25, 0.3) is 5.91 Å². The van der Waals surface area contributed by atoms with E-state index in [1.165, 1.54) is 0 Å². The number of carboxylic acids is 1. The van der Waals surface area contributed by atoms with Crippen LogP contribution < -0.4 is 0 Å². The van der Waals surface area contributed by atoms with Crippen molar-refractivity contribution in [1.82, 2.24) is 14.7 Å². The summed E-state index contributed by atoms with van der Waals surface area (Å²) < 4.78 is 1.72. The number of benzene rings is 1. The van der Waals surface area contributed by atoms with Crippen molar-refractivity contribution in [2.75, 3.05) is 6.54 Å². The number of nitrogens with zero attached hydrogens (tertiary/aromatic N) is 3. The van der Waals surface area contributed by atoms with E-state index < -0.39 is 11.9 Å². The molecular weight excluding hydrogens is 294 g/mol. The van der Waals surface area contributed by atoms with Crippen LogP contribution >= 0.6 is 0 Å². The molecule has 0 bridgehead atoms. The summed E-state index contributed by atoms with van der Waals surface area (Å²) in [5.41, 5.74) is 2.17. The highest BCUT2D eigenvalue weighted by atomic mass is 16.4. The molecule has 3 rings (SSSR count). The standard InChI is InChI=1S/C17H19N3O3/c1-11-14(17(22)23)8-9-19(11)16(21)15-10-18-20(12(15)2)13-6-4-3-5-7-13/h3-7,10-11,14H,8-9H2,1-2H3,(H,22,23). The molecule has 1 fully saturated rings.